The van der Waals surface area contributed by atoms with Gasteiger partial charge < -0.3 is 60.2 Å². The highest BCUT2D eigenvalue weighted by molar-refractivity contribution is 7.66. The average molecular weight is 1340 g/mol. The number of rotatable bonds is 25. The van der Waals surface area contributed by atoms with Crippen molar-refractivity contribution >= 4 is 75.6 Å². The highest BCUT2D eigenvalue weighted by atomic mass is 31.3. The summed E-state index contributed by atoms with van der Waals surface area (Å²) >= 11 is 0. The average Bonchev–Trinajstić information content (AvgIpc) is 1.29. The van der Waals surface area contributed by atoms with Crippen LogP contribution in [0.1, 0.15) is 156 Å². The molecule has 2 amide bonds. The van der Waals surface area contributed by atoms with Crippen LogP contribution in [0.3, 0.4) is 0 Å². The monoisotopic (exact) mass is 1340 g/mol. The third-order valence-electron chi connectivity index (χ3n) is 16.7. The number of aldehydes is 1. The number of nitrogens with two attached hydrogens (primary N) is 1. The van der Waals surface area contributed by atoms with Gasteiger partial charge in [-0.2, -0.15) is 18.6 Å². The lowest BCUT2D eigenvalue weighted by Crippen LogP contribution is -2.36. The fourth-order valence-corrected chi connectivity index (χ4v) is 15.6. The highest BCUT2D eigenvalue weighted by Crippen LogP contribution is 2.66. The van der Waals surface area contributed by atoms with Gasteiger partial charge in [0.25, 0.3) is 11.6 Å². The molecule has 11 rings (SSSR count). The van der Waals surface area contributed by atoms with E-state index in [1.54, 1.807) is 18.2 Å². The number of aliphatic hydroxyl groups excluding tert-OH is 1. The summed E-state index contributed by atoms with van der Waals surface area (Å²) in [4.78, 5) is 109. The number of aromatic nitrogens is 4. The maximum Gasteiger partial charge on any atom is 0.490 e. The Hall–Kier alpha value is -7.80. The van der Waals surface area contributed by atoms with Crippen molar-refractivity contribution in [2.24, 2.45) is 4.99 Å². The summed E-state index contributed by atoms with van der Waals surface area (Å²) in [5.41, 5.74) is 15.6. The third kappa shape index (κ3) is 15.1. The second-order valence-corrected chi connectivity index (χ2v) is 27.5. The Morgan fingerprint density at radius 1 is 0.935 bits per heavy atom. The van der Waals surface area contributed by atoms with E-state index < -0.39 is 59.5 Å². The molecule has 7 heterocycles. The number of phosphoric ester groups is 1. The van der Waals surface area contributed by atoms with E-state index in [4.69, 9.17) is 34.7 Å². The Bertz CT molecular complexity index is 4320. The van der Waals surface area contributed by atoms with Gasteiger partial charge in [-0.3, -0.25) is 38.6 Å². The molecule has 5 aliphatic rings. The molecule has 5 aliphatic heterocycles. The molecule has 6 atom stereocenters. The SMILES string of the molecule is CCCCc1cc2c(c3c1=NCCC3)Oc1c(cc3c4c1CCCN4CCC3)C=2c1cc(C(=O)NCCCCCC(=O)NCC#Cc2ccc(C(C)Oc3nc(N)nc4c3ncn4[C@H]3C[C@@H](O)[C@@H](COP(=O)(O)OP(=O)(O)OP(=O)(O)O)O3)c([N+](=O)[O-])c2)ccc1C=O. The molecule has 29 nitrogen and oxygen atoms in total. The number of hydrogen-bond acceptors (Lipinski definition) is 21. The number of nitrogen functional groups attached to an aromatic ring is 1. The van der Waals surface area contributed by atoms with Crippen LogP contribution in [0.2, 0.25) is 0 Å². The summed E-state index contributed by atoms with van der Waals surface area (Å²) in [6.45, 7) is 5.87. The van der Waals surface area contributed by atoms with Gasteiger partial charge in [0.05, 0.1) is 41.4 Å². The summed E-state index contributed by atoms with van der Waals surface area (Å²) in [6.07, 6.45) is 7.53. The van der Waals surface area contributed by atoms with Crippen molar-refractivity contribution in [3.63, 3.8) is 0 Å². The van der Waals surface area contributed by atoms with Crippen molar-refractivity contribution in [3.8, 4) is 29.2 Å². The Morgan fingerprint density at radius 3 is 2.51 bits per heavy atom. The van der Waals surface area contributed by atoms with Crippen molar-refractivity contribution < 1.29 is 85.0 Å². The molecule has 0 aliphatic carbocycles. The lowest BCUT2D eigenvalue weighted by molar-refractivity contribution is -0.386. The van der Waals surface area contributed by atoms with E-state index in [2.05, 4.69) is 74.5 Å². The molecule has 492 valence electrons. The van der Waals surface area contributed by atoms with Crippen LogP contribution in [-0.2, 0) is 62.1 Å². The van der Waals surface area contributed by atoms with Gasteiger partial charge in [-0.15, -0.1) is 0 Å². The van der Waals surface area contributed by atoms with Crippen LogP contribution in [0.15, 0.2) is 59.9 Å². The molecule has 6 aromatic rings. The highest BCUT2D eigenvalue weighted by Gasteiger charge is 2.44. The number of ether oxygens (including phenoxy) is 3. The minimum absolute atomic E-state index is 0.0175. The largest absolute Gasteiger partial charge is 0.490 e. The molecule has 9 N–H and O–H groups in total. The number of phosphoric acid groups is 3. The Labute approximate surface area is 532 Å². The number of aliphatic hydroxyl groups is 1. The van der Waals surface area contributed by atoms with Crippen LogP contribution in [-0.4, -0.2) is 119 Å². The number of anilines is 2. The zero-order valence-corrected chi connectivity index (χ0v) is 53.4. The predicted octanol–water partition coefficient (Wildman–Crippen LogP) is 6.68. The van der Waals surface area contributed by atoms with Crippen LogP contribution >= 0.6 is 23.5 Å². The van der Waals surface area contributed by atoms with Crippen molar-refractivity contribution in [1.29, 1.82) is 0 Å². The van der Waals surface area contributed by atoms with Crippen molar-refractivity contribution in [2.45, 2.75) is 128 Å². The van der Waals surface area contributed by atoms with Crippen LogP contribution in [0.4, 0.5) is 17.3 Å². The predicted molar refractivity (Wildman–Crippen MR) is 335 cm³/mol. The summed E-state index contributed by atoms with van der Waals surface area (Å²) in [6, 6.07) is 14.0. The second-order valence-electron chi connectivity index (χ2n) is 23.1. The summed E-state index contributed by atoms with van der Waals surface area (Å²) in [5.74, 6) is 6.27. The van der Waals surface area contributed by atoms with E-state index in [-0.39, 0.29) is 71.0 Å². The number of unbranched alkanes of at least 4 members (excludes halogenated alkanes) is 3. The van der Waals surface area contributed by atoms with Gasteiger partial charge in [0.15, 0.2) is 17.5 Å². The summed E-state index contributed by atoms with van der Waals surface area (Å²) in [5, 5.41) is 30.8. The second kappa shape index (κ2) is 28.0. The topological polar surface area (TPSA) is 411 Å². The maximum atomic E-state index is 14.0. The van der Waals surface area contributed by atoms with Gasteiger partial charge in [0.2, 0.25) is 17.7 Å². The number of nitro benzene ring substituents is 1. The molecule has 1 fully saturated rings. The van der Waals surface area contributed by atoms with Crippen LogP contribution in [0.5, 0.6) is 17.4 Å². The first-order valence-electron chi connectivity index (χ1n) is 30.5. The Balaban J connectivity index is 0.682. The quantitative estimate of drug-likeness (QED) is 0.00738. The van der Waals surface area contributed by atoms with Gasteiger partial charge in [0, 0.05) is 94.9 Å². The number of imidazole rings is 1. The van der Waals surface area contributed by atoms with Gasteiger partial charge >= 0.3 is 23.5 Å². The number of amides is 2. The van der Waals surface area contributed by atoms with E-state index in [0.29, 0.717) is 42.5 Å². The first kappa shape index (κ1) is 66.6. The van der Waals surface area contributed by atoms with E-state index >= 15 is 0 Å². The first-order chi connectivity index (χ1) is 44.5. The Kier molecular flexibility index (Phi) is 20.1. The van der Waals surface area contributed by atoms with Crippen molar-refractivity contribution in [3.05, 3.63) is 131 Å². The zero-order chi connectivity index (χ0) is 65.9. The minimum Gasteiger partial charge on any atom is -0.468 e. The van der Waals surface area contributed by atoms with Crippen LogP contribution < -0.4 is 41.3 Å². The smallest absolute Gasteiger partial charge is 0.468 e. The van der Waals surface area contributed by atoms with Gasteiger partial charge in [0.1, 0.15) is 29.9 Å². The van der Waals surface area contributed by atoms with Crippen LogP contribution in [0, 0.1) is 22.0 Å². The van der Waals surface area contributed by atoms with E-state index in [1.807, 2.05) is 6.07 Å². The molecular weight excluding hydrogens is 1270 g/mol. The molecule has 0 spiro atoms. The number of aryl methyl sites for hydroxylation is 2. The van der Waals surface area contributed by atoms with Crippen molar-refractivity contribution in [2.75, 3.05) is 50.0 Å². The van der Waals surface area contributed by atoms with E-state index in [9.17, 15) is 53.1 Å². The lowest BCUT2D eigenvalue weighted by Gasteiger charge is -2.39. The normalized spacial score (nSPS) is 18.8. The number of nitrogens with one attached hydrogen (secondary N) is 2. The standard InChI is InChI=1S/C61H69N10O19P3/c1-3-4-13-37-28-45-52(46-29-38-14-10-25-69-26-11-16-43(55(38)69)57(46)88-56(45)42-15-9-24-64-53(37)42)44-30-39(19-20-40(44)32-72)59(75)65-22-7-5-6-17-50(74)63-23-8-12-36-18-21-41(47(27-36)71(76)77)35(2)86-60-54-58(67-61(62)68-60)70(34-66-54)51-31-48(73)49(87-51)33-85-92(81,82)90-93(83,84)89-91(78,79)80/h18-21,27-30,32,34-35,48-49,51,73H,3-7,9-11,13-17,22-26,31,33H2,1-2H3,(H,63,74)(H,65,75)(H,81,82)(H,83,84)(H2,62,67,68)(H2,78,79,80)/t35?,48-,49-,51-/m1/s1. The van der Waals surface area contributed by atoms with E-state index in [1.165, 1.54) is 52.3 Å². The molecule has 0 bridgehead atoms. The fourth-order valence-electron chi connectivity index (χ4n) is 12.5. The molecule has 4 aromatic carbocycles. The molecule has 32 heteroatoms. The number of nitrogens with zero attached hydrogens (tertiary/aromatic N) is 7. The molecule has 3 unspecified atom stereocenters. The van der Waals surface area contributed by atoms with Gasteiger partial charge in [-0.25, -0.2) is 18.7 Å². The molecule has 1 saturated heterocycles. The zero-order valence-electron chi connectivity index (χ0n) is 50.7. The van der Waals surface area contributed by atoms with Gasteiger partial charge in [-0.05, 0) is 124 Å². The van der Waals surface area contributed by atoms with Crippen molar-refractivity contribution in [1.82, 2.24) is 30.2 Å². The number of hydrogen-bond donors (Lipinski definition) is 8. The third-order valence-corrected chi connectivity index (χ3v) is 20.5. The number of benzene rings is 4. The molecule has 0 radical (unpaired) electrons. The number of carbonyl (C=O) groups is 3. The first-order valence-corrected chi connectivity index (χ1v) is 35.1. The molecular formula is C61H69N10O19P3. The van der Waals surface area contributed by atoms with Gasteiger partial charge in [-0.1, -0.05) is 37.7 Å². The Morgan fingerprint density at radius 2 is 1.73 bits per heavy atom. The van der Waals surface area contributed by atoms with E-state index in [0.717, 1.165) is 122 Å². The molecule has 2 aromatic heterocycles. The summed E-state index contributed by atoms with van der Waals surface area (Å²) < 4.78 is 67.3. The molecule has 93 heavy (non-hydrogen) atoms. The lowest BCUT2D eigenvalue weighted by atomic mass is 9.82. The number of nitro groups is 1. The molecule has 0 saturated carbocycles. The minimum atomic E-state index is -5.80. The number of carbonyl (C=O) groups excluding carboxylic acids is 3. The maximum absolute atomic E-state index is 14.0. The summed E-state index contributed by atoms with van der Waals surface area (Å²) in [7, 11) is -17.0. The van der Waals surface area contributed by atoms with Crippen LogP contribution in [0.25, 0.3) is 16.7 Å². The fraction of sp³-hybridized carbons (Fsp3) is 0.426. The number of fused-ring (bicyclic) bond motifs is 6.